The molecule has 1 heterocycles. The van der Waals surface area contributed by atoms with E-state index in [0.717, 1.165) is 5.69 Å². The average molecular weight is 393 g/mol. The van der Waals surface area contributed by atoms with Gasteiger partial charge in [0, 0.05) is 7.05 Å². The number of esters is 1. The van der Waals surface area contributed by atoms with Crippen molar-refractivity contribution in [3.05, 3.63) is 41.2 Å². The molecule has 0 unspecified atom stereocenters. The van der Waals surface area contributed by atoms with Gasteiger partial charge in [0.1, 0.15) is 0 Å². The first-order chi connectivity index (χ1) is 12.6. The summed E-state index contributed by atoms with van der Waals surface area (Å²) in [7, 11) is -1.84. The molecule has 2 aromatic rings. The van der Waals surface area contributed by atoms with Gasteiger partial charge in [-0.3, -0.25) is 9.48 Å². The molecule has 1 amide bonds. The van der Waals surface area contributed by atoms with Gasteiger partial charge in [-0.2, -0.15) is 5.10 Å². The van der Waals surface area contributed by atoms with E-state index >= 15 is 0 Å². The van der Waals surface area contributed by atoms with Crippen molar-refractivity contribution in [3.8, 4) is 0 Å². The van der Waals surface area contributed by atoms with E-state index in [1.807, 2.05) is 0 Å². The Labute approximate surface area is 158 Å². The SMILES string of the molecule is CCS(=O)(=O)c1ccccc1C(=O)O[C@H](C)C(=O)Nc1c(C)nn(C)c1C. The maximum atomic E-state index is 12.5. The second kappa shape index (κ2) is 7.91. The van der Waals surface area contributed by atoms with Gasteiger partial charge in [-0.1, -0.05) is 19.1 Å². The van der Waals surface area contributed by atoms with Gasteiger partial charge < -0.3 is 10.1 Å². The predicted molar refractivity (Wildman–Crippen MR) is 100 cm³/mol. The Hall–Kier alpha value is -2.68. The van der Waals surface area contributed by atoms with Gasteiger partial charge >= 0.3 is 5.97 Å². The number of amides is 1. The number of nitrogens with zero attached hydrogens (tertiary/aromatic N) is 2. The van der Waals surface area contributed by atoms with Gasteiger partial charge in [0.05, 0.1) is 33.3 Å². The van der Waals surface area contributed by atoms with Crippen LogP contribution in [-0.2, 0) is 26.4 Å². The third kappa shape index (κ3) is 4.36. The van der Waals surface area contributed by atoms with E-state index in [1.165, 1.54) is 32.0 Å². The van der Waals surface area contributed by atoms with Crippen molar-refractivity contribution in [1.29, 1.82) is 0 Å². The Bertz CT molecular complexity index is 979. The maximum Gasteiger partial charge on any atom is 0.340 e. The topological polar surface area (TPSA) is 107 Å². The highest BCUT2D eigenvalue weighted by molar-refractivity contribution is 7.91. The molecule has 1 aromatic carbocycles. The summed E-state index contributed by atoms with van der Waals surface area (Å²) in [6, 6.07) is 5.79. The van der Waals surface area contributed by atoms with Gasteiger partial charge in [-0.05, 0) is 32.9 Å². The molecule has 0 saturated heterocycles. The summed E-state index contributed by atoms with van der Waals surface area (Å²) in [5.74, 6) is -1.55. The van der Waals surface area contributed by atoms with E-state index in [-0.39, 0.29) is 16.2 Å². The lowest BCUT2D eigenvalue weighted by atomic mass is 10.2. The second-order valence-electron chi connectivity index (χ2n) is 6.11. The van der Waals surface area contributed by atoms with Crippen LogP contribution in [0.25, 0.3) is 0 Å². The molecule has 27 heavy (non-hydrogen) atoms. The molecule has 1 N–H and O–H groups in total. The van der Waals surface area contributed by atoms with Crippen molar-refractivity contribution in [2.75, 3.05) is 11.1 Å². The van der Waals surface area contributed by atoms with Crippen LogP contribution in [0.4, 0.5) is 5.69 Å². The number of ether oxygens (including phenoxy) is 1. The van der Waals surface area contributed by atoms with E-state index in [2.05, 4.69) is 10.4 Å². The maximum absolute atomic E-state index is 12.5. The van der Waals surface area contributed by atoms with Crippen molar-refractivity contribution in [2.45, 2.75) is 38.7 Å². The van der Waals surface area contributed by atoms with Gasteiger partial charge in [-0.25, -0.2) is 13.2 Å². The number of hydrogen-bond acceptors (Lipinski definition) is 6. The summed E-state index contributed by atoms with van der Waals surface area (Å²) < 4.78 is 31.2. The lowest BCUT2D eigenvalue weighted by Crippen LogP contribution is -2.30. The zero-order valence-corrected chi connectivity index (χ0v) is 16.8. The molecule has 2 rings (SSSR count). The predicted octanol–water partition coefficient (Wildman–Crippen LogP) is 2.01. The highest BCUT2D eigenvalue weighted by Crippen LogP contribution is 2.20. The third-order valence-corrected chi connectivity index (χ3v) is 6.02. The quantitative estimate of drug-likeness (QED) is 0.753. The normalized spacial score (nSPS) is 12.5. The van der Waals surface area contributed by atoms with Gasteiger partial charge in [-0.15, -0.1) is 0 Å². The third-order valence-electron chi connectivity index (χ3n) is 4.23. The first-order valence-electron chi connectivity index (χ1n) is 8.42. The van der Waals surface area contributed by atoms with Crippen LogP contribution in [0.3, 0.4) is 0 Å². The number of benzene rings is 1. The van der Waals surface area contributed by atoms with E-state index in [0.29, 0.717) is 11.4 Å². The molecule has 0 spiro atoms. The van der Waals surface area contributed by atoms with Crippen molar-refractivity contribution in [3.63, 3.8) is 0 Å². The van der Waals surface area contributed by atoms with Gasteiger partial charge in [0.15, 0.2) is 15.9 Å². The van der Waals surface area contributed by atoms with Crippen LogP contribution >= 0.6 is 0 Å². The summed E-state index contributed by atoms with van der Waals surface area (Å²) in [6.07, 6.45) is -1.12. The van der Waals surface area contributed by atoms with E-state index in [9.17, 15) is 18.0 Å². The Balaban J connectivity index is 2.18. The minimum atomic E-state index is -3.60. The number of aromatic nitrogens is 2. The first-order valence-corrected chi connectivity index (χ1v) is 10.1. The molecular formula is C18H23N3O5S. The highest BCUT2D eigenvalue weighted by atomic mass is 32.2. The smallest absolute Gasteiger partial charge is 0.340 e. The lowest BCUT2D eigenvalue weighted by Gasteiger charge is -2.15. The molecule has 0 aliphatic heterocycles. The molecule has 9 heteroatoms. The van der Waals surface area contributed by atoms with Crippen LogP contribution in [0, 0.1) is 13.8 Å². The molecule has 1 aromatic heterocycles. The number of hydrogen-bond donors (Lipinski definition) is 1. The molecule has 0 radical (unpaired) electrons. The number of nitrogens with one attached hydrogen (secondary N) is 1. The standard InChI is InChI=1S/C18H23N3O5S/c1-6-27(24,25)15-10-8-7-9-14(15)18(23)26-13(4)17(22)19-16-11(2)20-21(5)12(16)3/h7-10,13H,6H2,1-5H3,(H,19,22)/t13-/m1/s1. The Morgan fingerprint density at radius 2 is 1.89 bits per heavy atom. The van der Waals surface area contributed by atoms with Crippen LogP contribution in [0.1, 0.15) is 35.6 Å². The minimum absolute atomic E-state index is 0.0901. The van der Waals surface area contributed by atoms with Crippen molar-refractivity contribution in [1.82, 2.24) is 9.78 Å². The van der Waals surface area contributed by atoms with Crippen LogP contribution < -0.4 is 5.32 Å². The number of carbonyl (C=O) groups is 2. The summed E-state index contributed by atoms with van der Waals surface area (Å²) in [6.45, 7) is 6.47. The highest BCUT2D eigenvalue weighted by Gasteiger charge is 2.25. The second-order valence-corrected chi connectivity index (χ2v) is 8.35. The van der Waals surface area contributed by atoms with Crippen LogP contribution in [0.2, 0.25) is 0 Å². The molecule has 0 aliphatic rings. The van der Waals surface area contributed by atoms with Gasteiger partial charge in [0.25, 0.3) is 5.91 Å². The number of rotatable bonds is 6. The van der Waals surface area contributed by atoms with Crippen molar-refractivity contribution < 1.29 is 22.7 Å². The average Bonchev–Trinajstić information content (AvgIpc) is 2.87. The molecule has 8 nitrogen and oxygen atoms in total. The zero-order valence-electron chi connectivity index (χ0n) is 15.9. The molecule has 146 valence electrons. The minimum Gasteiger partial charge on any atom is -0.449 e. The number of anilines is 1. The fourth-order valence-corrected chi connectivity index (χ4v) is 3.60. The molecule has 0 bridgehead atoms. The van der Waals surface area contributed by atoms with Crippen LogP contribution in [-0.4, -0.2) is 41.9 Å². The number of carbonyl (C=O) groups excluding carboxylic acids is 2. The van der Waals surface area contributed by atoms with Crippen molar-refractivity contribution in [2.24, 2.45) is 7.05 Å². The van der Waals surface area contributed by atoms with Crippen molar-refractivity contribution >= 4 is 27.4 Å². The number of sulfone groups is 1. The zero-order chi connectivity index (χ0) is 20.4. The van der Waals surface area contributed by atoms with E-state index in [4.69, 9.17) is 4.74 Å². The Morgan fingerprint density at radius 1 is 1.26 bits per heavy atom. The van der Waals surface area contributed by atoms with E-state index in [1.54, 1.807) is 31.6 Å². The lowest BCUT2D eigenvalue weighted by molar-refractivity contribution is -0.123. The first kappa shape index (κ1) is 20.6. The fourth-order valence-electron chi connectivity index (χ4n) is 2.52. The Morgan fingerprint density at radius 3 is 2.44 bits per heavy atom. The van der Waals surface area contributed by atoms with Crippen LogP contribution in [0.15, 0.2) is 29.2 Å². The molecule has 0 saturated carbocycles. The van der Waals surface area contributed by atoms with Gasteiger partial charge in [0.2, 0.25) is 0 Å². The van der Waals surface area contributed by atoms with E-state index < -0.39 is 27.8 Å². The number of aryl methyl sites for hydroxylation is 2. The Kier molecular flexibility index (Phi) is 6.04. The summed E-state index contributed by atoms with van der Waals surface area (Å²) >= 11 is 0. The largest absolute Gasteiger partial charge is 0.449 e. The molecule has 1 atom stereocenters. The van der Waals surface area contributed by atoms with Crippen LogP contribution in [0.5, 0.6) is 0 Å². The molecular weight excluding hydrogens is 370 g/mol. The monoisotopic (exact) mass is 393 g/mol. The molecule has 0 aliphatic carbocycles. The molecule has 0 fully saturated rings. The summed E-state index contributed by atoms with van der Waals surface area (Å²) in [4.78, 5) is 24.7. The summed E-state index contributed by atoms with van der Waals surface area (Å²) in [5, 5.41) is 6.90. The summed E-state index contributed by atoms with van der Waals surface area (Å²) in [5.41, 5.74) is 1.87. The fraction of sp³-hybridized carbons (Fsp3) is 0.389.